The standard InChI is InChI=1S/C28H29F3O/c1-3-4-5-19-7-15-26(32-17-19)22-12-14-23(25(29)16-22)20-8-10-21(11-9-20)24-13-6-18(2)27(30)28(24)31/h3,6,8-12,14,16,19,24,26H,1,4-5,7,13,15,17H2,2H3. The van der Waals surface area contributed by atoms with E-state index in [-0.39, 0.29) is 11.9 Å². The topological polar surface area (TPSA) is 9.23 Å². The van der Waals surface area contributed by atoms with Crippen LogP contribution in [0.25, 0.3) is 11.1 Å². The molecular formula is C28H29F3O. The van der Waals surface area contributed by atoms with E-state index in [1.165, 1.54) is 0 Å². The van der Waals surface area contributed by atoms with Crippen LogP contribution in [0.3, 0.4) is 0 Å². The number of hydrogen-bond donors (Lipinski definition) is 0. The van der Waals surface area contributed by atoms with Crippen molar-refractivity contribution < 1.29 is 17.9 Å². The molecule has 2 aliphatic rings. The number of rotatable bonds is 6. The highest BCUT2D eigenvalue weighted by Crippen LogP contribution is 2.39. The molecule has 1 aliphatic carbocycles. The third kappa shape index (κ3) is 4.75. The minimum Gasteiger partial charge on any atom is -0.373 e. The Morgan fingerprint density at radius 2 is 1.78 bits per heavy atom. The number of hydrogen-bond acceptors (Lipinski definition) is 1. The maximum absolute atomic E-state index is 15.0. The molecule has 4 heteroatoms. The third-order valence-electron chi connectivity index (χ3n) is 6.66. The smallest absolute Gasteiger partial charge is 0.157 e. The Morgan fingerprint density at radius 3 is 2.44 bits per heavy atom. The lowest BCUT2D eigenvalue weighted by Crippen LogP contribution is -2.20. The summed E-state index contributed by atoms with van der Waals surface area (Å²) >= 11 is 0. The van der Waals surface area contributed by atoms with Crippen LogP contribution in [-0.4, -0.2) is 6.61 Å². The molecule has 2 aromatic rings. The molecule has 1 aliphatic heterocycles. The SMILES string of the molecule is C=CCCC1CCC(c2ccc(-c3ccc(C4CC=C(C)C(F)=C4F)cc3)c(F)c2)OC1. The molecule has 4 rings (SSSR count). The van der Waals surface area contributed by atoms with E-state index in [0.29, 0.717) is 41.2 Å². The van der Waals surface area contributed by atoms with Gasteiger partial charge in [-0.2, -0.15) is 0 Å². The highest BCUT2D eigenvalue weighted by molar-refractivity contribution is 5.65. The van der Waals surface area contributed by atoms with Gasteiger partial charge in [0.2, 0.25) is 0 Å². The van der Waals surface area contributed by atoms with Gasteiger partial charge in [0.25, 0.3) is 0 Å². The lowest BCUT2D eigenvalue weighted by molar-refractivity contribution is -0.0191. The zero-order valence-electron chi connectivity index (χ0n) is 18.4. The van der Waals surface area contributed by atoms with Gasteiger partial charge in [0.15, 0.2) is 5.83 Å². The predicted molar refractivity (Wildman–Crippen MR) is 123 cm³/mol. The summed E-state index contributed by atoms with van der Waals surface area (Å²) in [7, 11) is 0. The first-order chi connectivity index (χ1) is 15.5. The van der Waals surface area contributed by atoms with Gasteiger partial charge in [-0.1, -0.05) is 48.6 Å². The highest BCUT2D eigenvalue weighted by atomic mass is 19.2. The van der Waals surface area contributed by atoms with Crippen molar-refractivity contribution in [1.82, 2.24) is 0 Å². The molecule has 0 N–H and O–H groups in total. The molecular weight excluding hydrogens is 409 g/mol. The molecule has 0 saturated carbocycles. The zero-order chi connectivity index (χ0) is 22.7. The molecule has 0 radical (unpaired) electrons. The van der Waals surface area contributed by atoms with Crippen molar-refractivity contribution in [3.8, 4) is 11.1 Å². The van der Waals surface area contributed by atoms with E-state index in [0.717, 1.165) is 31.2 Å². The lowest BCUT2D eigenvalue weighted by atomic mass is 9.87. The number of benzene rings is 2. The van der Waals surface area contributed by atoms with Crippen LogP contribution >= 0.6 is 0 Å². The Kier molecular flexibility index (Phi) is 7.00. The summed E-state index contributed by atoms with van der Waals surface area (Å²) < 4.78 is 49.3. The van der Waals surface area contributed by atoms with Gasteiger partial charge in [-0.3, -0.25) is 0 Å². The van der Waals surface area contributed by atoms with Crippen LogP contribution in [0.4, 0.5) is 13.2 Å². The van der Waals surface area contributed by atoms with Crippen LogP contribution < -0.4 is 0 Å². The second-order valence-electron chi connectivity index (χ2n) is 8.83. The fourth-order valence-electron chi connectivity index (χ4n) is 4.62. The minimum atomic E-state index is -0.774. The largest absolute Gasteiger partial charge is 0.373 e. The van der Waals surface area contributed by atoms with E-state index in [1.54, 1.807) is 49.4 Å². The Labute approximate surface area is 188 Å². The van der Waals surface area contributed by atoms with Gasteiger partial charge in [0.05, 0.1) is 12.7 Å². The average Bonchev–Trinajstić information content (AvgIpc) is 2.82. The van der Waals surface area contributed by atoms with Gasteiger partial charge >= 0.3 is 0 Å². The number of ether oxygens (including phenoxy) is 1. The first-order valence-electron chi connectivity index (χ1n) is 11.3. The van der Waals surface area contributed by atoms with Gasteiger partial charge in [-0.05, 0) is 73.3 Å². The molecule has 0 amide bonds. The van der Waals surface area contributed by atoms with Crippen molar-refractivity contribution in [2.75, 3.05) is 6.61 Å². The normalized spacial score (nSPS) is 23.8. The van der Waals surface area contributed by atoms with E-state index < -0.39 is 17.6 Å². The number of halogens is 3. The highest BCUT2D eigenvalue weighted by Gasteiger charge is 2.26. The van der Waals surface area contributed by atoms with Gasteiger partial charge in [0, 0.05) is 11.5 Å². The van der Waals surface area contributed by atoms with Crippen LogP contribution in [0.5, 0.6) is 0 Å². The molecule has 1 fully saturated rings. The molecule has 3 unspecified atom stereocenters. The molecule has 168 valence electrons. The number of allylic oxidation sites excluding steroid dienone is 5. The molecule has 32 heavy (non-hydrogen) atoms. The first-order valence-corrected chi connectivity index (χ1v) is 11.3. The molecule has 3 atom stereocenters. The van der Waals surface area contributed by atoms with Crippen molar-refractivity contribution in [1.29, 1.82) is 0 Å². The van der Waals surface area contributed by atoms with Crippen molar-refractivity contribution in [2.24, 2.45) is 5.92 Å². The van der Waals surface area contributed by atoms with E-state index in [1.807, 2.05) is 12.1 Å². The van der Waals surface area contributed by atoms with Crippen LogP contribution in [0.2, 0.25) is 0 Å². The average molecular weight is 439 g/mol. The summed E-state index contributed by atoms with van der Waals surface area (Å²) in [5.74, 6) is -1.89. The van der Waals surface area contributed by atoms with Gasteiger partial charge in [-0.25, -0.2) is 13.2 Å². The second kappa shape index (κ2) is 9.91. The molecule has 0 spiro atoms. The van der Waals surface area contributed by atoms with Crippen molar-refractivity contribution in [2.45, 2.75) is 51.0 Å². The fraction of sp³-hybridized carbons (Fsp3) is 0.357. The van der Waals surface area contributed by atoms with E-state index >= 15 is 0 Å². The van der Waals surface area contributed by atoms with Crippen LogP contribution in [-0.2, 0) is 4.74 Å². The van der Waals surface area contributed by atoms with Crippen molar-refractivity contribution in [3.05, 3.63) is 95.4 Å². The van der Waals surface area contributed by atoms with Crippen molar-refractivity contribution in [3.63, 3.8) is 0 Å². The Morgan fingerprint density at radius 1 is 1.03 bits per heavy atom. The summed E-state index contributed by atoms with van der Waals surface area (Å²) in [6.45, 7) is 6.04. The molecule has 0 bridgehead atoms. The minimum absolute atomic E-state index is 0.0756. The monoisotopic (exact) mass is 438 g/mol. The summed E-state index contributed by atoms with van der Waals surface area (Å²) in [5.41, 5.74) is 3.08. The second-order valence-corrected chi connectivity index (χ2v) is 8.83. The molecule has 1 nitrogen and oxygen atoms in total. The van der Waals surface area contributed by atoms with E-state index in [4.69, 9.17) is 4.74 Å². The predicted octanol–water partition coefficient (Wildman–Crippen LogP) is 8.51. The Bertz CT molecular complexity index is 1030. The molecule has 1 heterocycles. The summed E-state index contributed by atoms with van der Waals surface area (Å²) in [6, 6.07) is 12.3. The Hall–Kier alpha value is -2.59. The molecule has 0 aromatic heterocycles. The quantitative estimate of drug-likeness (QED) is 0.411. The first kappa shape index (κ1) is 22.6. The summed E-state index contributed by atoms with van der Waals surface area (Å²) in [6.07, 6.45) is 8.04. The summed E-state index contributed by atoms with van der Waals surface area (Å²) in [5, 5.41) is 0. The zero-order valence-corrected chi connectivity index (χ0v) is 18.4. The van der Waals surface area contributed by atoms with Gasteiger partial charge in [-0.15, -0.1) is 6.58 Å². The maximum atomic E-state index is 15.0. The fourth-order valence-corrected chi connectivity index (χ4v) is 4.62. The molecule has 2 aromatic carbocycles. The van der Waals surface area contributed by atoms with E-state index in [9.17, 15) is 13.2 Å². The molecule has 1 saturated heterocycles. The van der Waals surface area contributed by atoms with Gasteiger partial charge in [0.1, 0.15) is 11.6 Å². The lowest BCUT2D eigenvalue weighted by Gasteiger charge is -2.29. The van der Waals surface area contributed by atoms with Crippen LogP contribution in [0, 0.1) is 11.7 Å². The van der Waals surface area contributed by atoms with E-state index in [2.05, 4.69) is 6.58 Å². The summed E-state index contributed by atoms with van der Waals surface area (Å²) in [4.78, 5) is 0. The third-order valence-corrected chi connectivity index (χ3v) is 6.66. The van der Waals surface area contributed by atoms with Crippen LogP contribution in [0.1, 0.15) is 62.2 Å². The maximum Gasteiger partial charge on any atom is 0.157 e. The van der Waals surface area contributed by atoms with Gasteiger partial charge < -0.3 is 4.74 Å². The van der Waals surface area contributed by atoms with Crippen molar-refractivity contribution >= 4 is 0 Å². The Balaban J connectivity index is 1.45. The van der Waals surface area contributed by atoms with Crippen LogP contribution in [0.15, 0.2) is 78.4 Å².